The van der Waals surface area contributed by atoms with E-state index in [0.717, 1.165) is 0 Å². The molecule has 0 radical (unpaired) electrons. The van der Waals surface area contributed by atoms with Crippen LogP contribution in [0.3, 0.4) is 0 Å². The van der Waals surface area contributed by atoms with Crippen molar-refractivity contribution in [1.29, 1.82) is 0 Å². The molecular formula is C13H20. The van der Waals surface area contributed by atoms with Gasteiger partial charge in [-0.1, -0.05) is 30.4 Å². The average molecular weight is 176 g/mol. The molecule has 0 amide bonds. The van der Waals surface area contributed by atoms with Crippen LogP contribution < -0.4 is 0 Å². The monoisotopic (exact) mass is 176 g/mol. The zero-order valence-electron chi connectivity index (χ0n) is 9.44. The van der Waals surface area contributed by atoms with Crippen molar-refractivity contribution < 1.29 is 0 Å². The van der Waals surface area contributed by atoms with Crippen LogP contribution in [0.1, 0.15) is 34.6 Å². The molecular weight excluding hydrogens is 156 g/mol. The molecule has 0 unspecified atom stereocenters. The summed E-state index contributed by atoms with van der Waals surface area (Å²) >= 11 is 0. The topological polar surface area (TPSA) is 0 Å². The maximum absolute atomic E-state index is 3.70. The minimum Gasteiger partial charge on any atom is -0.0991 e. The lowest BCUT2D eigenvalue weighted by molar-refractivity contribution is 1.21. The number of allylic oxidation sites excluding steroid dienone is 7. The Kier molecular flexibility index (Phi) is 5.13. The quantitative estimate of drug-likeness (QED) is 0.558. The van der Waals surface area contributed by atoms with Crippen molar-refractivity contribution >= 4 is 0 Å². The summed E-state index contributed by atoms with van der Waals surface area (Å²) in [7, 11) is 0. The molecule has 0 saturated heterocycles. The zero-order valence-corrected chi connectivity index (χ0v) is 9.44. The Morgan fingerprint density at radius 3 is 1.92 bits per heavy atom. The molecule has 13 heavy (non-hydrogen) atoms. The van der Waals surface area contributed by atoms with Crippen LogP contribution in [0.5, 0.6) is 0 Å². The first-order valence-electron chi connectivity index (χ1n) is 4.65. The van der Waals surface area contributed by atoms with E-state index in [1.54, 1.807) is 0 Å². The van der Waals surface area contributed by atoms with Crippen molar-refractivity contribution in [3.8, 4) is 0 Å². The summed E-state index contributed by atoms with van der Waals surface area (Å²) in [6, 6.07) is 0. The predicted molar refractivity (Wildman–Crippen MR) is 61.8 cm³/mol. The smallest absolute Gasteiger partial charge is 0.0241 e. The molecule has 0 aromatic heterocycles. The Labute approximate surface area is 82.4 Å². The van der Waals surface area contributed by atoms with Crippen molar-refractivity contribution in [2.45, 2.75) is 34.6 Å². The van der Waals surface area contributed by atoms with Gasteiger partial charge in [0, 0.05) is 0 Å². The fraction of sp³-hybridized carbons (Fsp3) is 0.385. The van der Waals surface area contributed by atoms with E-state index in [-0.39, 0.29) is 0 Å². The highest BCUT2D eigenvalue weighted by Gasteiger charge is 2.01. The molecule has 0 heterocycles. The van der Waals surface area contributed by atoms with Gasteiger partial charge in [-0.2, -0.15) is 0 Å². The lowest BCUT2D eigenvalue weighted by Crippen LogP contribution is -1.89. The minimum absolute atomic E-state index is 1.27. The molecule has 0 aliphatic carbocycles. The van der Waals surface area contributed by atoms with Crippen LogP contribution >= 0.6 is 0 Å². The van der Waals surface area contributed by atoms with Gasteiger partial charge in [0.05, 0.1) is 0 Å². The number of rotatable bonds is 3. The molecule has 0 nitrogen and oxygen atoms in total. The van der Waals surface area contributed by atoms with Gasteiger partial charge in [0.25, 0.3) is 0 Å². The molecule has 0 saturated carbocycles. The molecule has 0 rings (SSSR count). The van der Waals surface area contributed by atoms with E-state index >= 15 is 0 Å². The molecule has 0 fully saturated rings. The lowest BCUT2D eigenvalue weighted by atomic mass is 9.96. The highest BCUT2D eigenvalue weighted by Crippen LogP contribution is 2.21. The molecule has 0 aliphatic rings. The highest BCUT2D eigenvalue weighted by molar-refractivity contribution is 5.46. The average Bonchev–Trinajstić information content (AvgIpc) is 2.05. The van der Waals surface area contributed by atoms with E-state index < -0.39 is 0 Å². The summed E-state index contributed by atoms with van der Waals surface area (Å²) in [5.41, 5.74) is 5.32. The molecule has 0 heteroatoms. The van der Waals surface area contributed by atoms with Gasteiger partial charge in [0.15, 0.2) is 0 Å². The van der Waals surface area contributed by atoms with Crippen LogP contribution in [0, 0.1) is 0 Å². The highest BCUT2D eigenvalue weighted by atomic mass is 14.1. The van der Waals surface area contributed by atoms with E-state index in [2.05, 4.69) is 47.3 Å². The van der Waals surface area contributed by atoms with Gasteiger partial charge in [-0.25, -0.2) is 0 Å². The lowest BCUT2D eigenvalue weighted by Gasteiger charge is -2.09. The summed E-state index contributed by atoms with van der Waals surface area (Å²) in [4.78, 5) is 0. The number of hydrogen-bond donors (Lipinski definition) is 0. The first kappa shape index (κ1) is 12.0. The summed E-state index contributed by atoms with van der Waals surface area (Å²) in [6.07, 6.45) is 6.02. The van der Waals surface area contributed by atoms with Crippen LogP contribution in [0.15, 0.2) is 47.1 Å². The van der Waals surface area contributed by atoms with Gasteiger partial charge in [-0.05, 0) is 51.3 Å². The second kappa shape index (κ2) is 5.58. The number of hydrogen-bond acceptors (Lipinski definition) is 0. The standard InChI is InChI=1S/C13H20/c1-7-9-11(5)13(8-2)12(6)10(3)4/h7-9H,1H2,2-6H3/b11-9-,13-8+. The molecule has 0 N–H and O–H groups in total. The van der Waals surface area contributed by atoms with Gasteiger partial charge >= 0.3 is 0 Å². The largest absolute Gasteiger partial charge is 0.0991 e. The van der Waals surface area contributed by atoms with E-state index in [4.69, 9.17) is 0 Å². The van der Waals surface area contributed by atoms with Crippen LogP contribution in [0.2, 0.25) is 0 Å². The second-order valence-electron chi connectivity index (χ2n) is 3.41. The SMILES string of the molecule is C=C/C=C(C)\C(=C/C)C(C)=C(C)C. The summed E-state index contributed by atoms with van der Waals surface area (Å²) < 4.78 is 0. The molecule has 0 aromatic rings. The van der Waals surface area contributed by atoms with Crippen molar-refractivity contribution in [2.75, 3.05) is 0 Å². The maximum atomic E-state index is 3.70. The van der Waals surface area contributed by atoms with E-state index in [9.17, 15) is 0 Å². The van der Waals surface area contributed by atoms with Crippen LogP contribution in [0.4, 0.5) is 0 Å². The van der Waals surface area contributed by atoms with Crippen LogP contribution in [-0.2, 0) is 0 Å². The molecule has 72 valence electrons. The third-order valence-electron chi connectivity index (χ3n) is 2.24. The van der Waals surface area contributed by atoms with Gasteiger partial charge in [-0.3, -0.25) is 0 Å². The van der Waals surface area contributed by atoms with E-state index in [1.807, 2.05) is 12.2 Å². The fourth-order valence-electron chi connectivity index (χ4n) is 1.28. The molecule has 0 atom stereocenters. The van der Waals surface area contributed by atoms with E-state index in [0.29, 0.717) is 0 Å². The van der Waals surface area contributed by atoms with Crippen molar-refractivity contribution in [3.63, 3.8) is 0 Å². The maximum Gasteiger partial charge on any atom is -0.0241 e. The van der Waals surface area contributed by atoms with Gasteiger partial charge in [0.2, 0.25) is 0 Å². The predicted octanol–water partition coefficient (Wildman–Crippen LogP) is 4.42. The fourth-order valence-corrected chi connectivity index (χ4v) is 1.28. The van der Waals surface area contributed by atoms with Crippen molar-refractivity contribution in [1.82, 2.24) is 0 Å². The third-order valence-corrected chi connectivity index (χ3v) is 2.24. The Hall–Kier alpha value is -1.04. The Balaban J connectivity index is 5.07. The summed E-state index contributed by atoms with van der Waals surface area (Å²) in [5.74, 6) is 0. The Morgan fingerprint density at radius 2 is 1.62 bits per heavy atom. The Bertz CT molecular complexity index is 268. The second-order valence-corrected chi connectivity index (χ2v) is 3.41. The van der Waals surface area contributed by atoms with Crippen molar-refractivity contribution in [3.05, 3.63) is 47.1 Å². The summed E-state index contributed by atoms with van der Waals surface area (Å²) in [6.45, 7) is 14.3. The molecule has 0 spiro atoms. The first-order chi connectivity index (χ1) is 6.04. The van der Waals surface area contributed by atoms with E-state index in [1.165, 1.54) is 22.3 Å². The van der Waals surface area contributed by atoms with Gasteiger partial charge in [0.1, 0.15) is 0 Å². The van der Waals surface area contributed by atoms with Gasteiger partial charge < -0.3 is 0 Å². The third kappa shape index (κ3) is 3.45. The zero-order chi connectivity index (χ0) is 10.4. The Morgan fingerprint density at radius 1 is 1.08 bits per heavy atom. The normalized spacial score (nSPS) is 12.7. The molecule has 0 bridgehead atoms. The summed E-state index contributed by atoms with van der Waals surface area (Å²) in [5, 5.41) is 0. The van der Waals surface area contributed by atoms with Gasteiger partial charge in [-0.15, -0.1) is 0 Å². The van der Waals surface area contributed by atoms with Crippen LogP contribution in [-0.4, -0.2) is 0 Å². The minimum atomic E-state index is 1.27. The molecule has 0 aromatic carbocycles. The first-order valence-corrected chi connectivity index (χ1v) is 4.65. The molecule has 0 aliphatic heterocycles. The van der Waals surface area contributed by atoms with Crippen molar-refractivity contribution in [2.24, 2.45) is 0 Å². The van der Waals surface area contributed by atoms with Crippen LogP contribution in [0.25, 0.3) is 0 Å².